The van der Waals surface area contributed by atoms with E-state index >= 15 is 0 Å². The van der Waals surface area contributed by atoms with E-state index in [1.807, 2.05) is 35.2 Å². The van der Waals surface area contributed by atoms with Crippen molar-refractivity contribution in [1.82, 2.24) is 14.8 Å². The van der Waals surface area contributed by atoms with Crippen LogP contribution in [0.25, 0.3) is 11.1 Å². The minimum Gasteiger partial charge on any atom is -0.359 e. The molecule has 9 heteroatoms. The first kappa shape index (κ1) is 26.4. The van der Waals surface area contributed by atoms with Crippen LogP contribution in [-0.2, 0) is 4.79 Å². The number of amides is 2. The number of halogens is 2. The second-order valence-corrected chi connectivity index (χ2v) is 10.9. The van der Waals surface area contributed by atoms with Crippen LogP contribution in [0.4, 0.5) is 20.3 Å². The van der Waals surface area contributed by atoms with Crippen LogP contribution >= 0.6 is 0 Å². The highest BCUT2D eigenvalue weighted by Gasteiger charge is 2.33. The topological polar surface area (TPSA) is 68.8 Å². The van der Waals surface area contributed by atoms with E-state index in [0.29, 0.717) is 17.1 Å². The van der Waals surface area contributed by atoms with Gasteiger partial charge in [-0.3, -0.25) is 9.59 Å². The minimum atomic E-state index is -0.741. The van der Waals surface area contributed by atoms with Crippen molar-refractivity contribution >= 4 is 23.3 Å². The van der Waals surface area contributed by atoms with Gasteiger partial charge < -0.3 is 20.0 Å². The van der Waals surface area contributed by atoms with E-state index in [0.717, 1.165) is 68.3 Å². The highest BCUT2D eigenvalue weighted by molar-refractivity contribution is 6.03. The van der Waals surface area contributed by atoms with Crippen molar-refractivity contribution in [1.29, 1.82) is 0 Å². The fourth-order valence-electron chi connectivity index (χ4n) is 6.24. The maximum Gasteiger partial charge on any atom is 0.254 e. The van der Waals surface area contributed by atoms with Gasteiger partial charge in [-0.15, -0.1) is 0 Å². The summed E-state index contributed by atoms with van der Waals surface area (Å²) in [5.74, 6) is -0.853. The van der Waals surface area contributed by atoms with Crippen molar-refractivity contribution < 1.29 is 18.4 Å². The fraction of sp³-hybridized carbons (Fsp3) is 0.387. The summed E-state index contributed by atoms with van der Waals surface area (Å²) in [4.78, 5) is 36.8. The zero-order valence-electron chi connectivity index (χ0n) is 22.6. The number of nitrogens with zero attached hydrogens (tertiary/aromatic N) is 4. The number of nitrogens with one attached hydrogen (secondary N) is 1. The number of hydrogen-bond acceptors (Lipinski definition) is 5. The molecule has 4 heterocycles. The number of carbonyl (C=O) groups is 2. The van der Waals surface area contributed by atoms with Gasteiger partial charge in [0, 0.05) is 42.0 Å². The standard InChI is InChI=1S/C31H33F2N5O2/c1-20(26-16-24(32)10-11-27(26)33)38-28-15-23(17-34-30(28)35-18-29(38)39)21-6-8-22(9-7-21)31(40)37-14-4-5-25(37)19-36-12-2-3-13-36/h6-11,15-17,20,25H,2-5,12-14,18-19H2,1H3,(H,34,35)/t20?,25-/m0/s1. The van der Waals surface area contributed by atoms with E-state index < -0.39 is 17.7 Å². The third-order valence-electron chi connectivity index (χ3n) is 8.37. The second kappa shape index (κ2) is 11.0. The summed E-state index contributed by atoms with van der Waals surface area (Å²) in [5.41, 5.74) is 2.83. The van der Waals surface area contributed by atoms with Gasteiger partial charge >= 0.3 is 0 Å². The molecule has 2 fully saturated rings. The molecule has 0 radical (unpaired) electrons. The quantitative estimate of drug-likeness (QED) is 0.459. The lowest BCUT2D eigenvalue weighted by atomic mass is 10.0. The molecule has 2 atom stereocenters. The van der Waals surface area contributed by atoms with Crippen LogP contribution in [0.15, 0.2) is 54.7 Å². The SMILES string of the molecule is CC(c1cc(F)ccc1F)N1C(=O)CNc2ncc(-c3ccc(C(=O)N4CCC[C@H]4CN4CCCC4)cc3)cc21. The van der Waals surface area contributed by atoms with Crippen LogP contribution in [0, 0.1) is 11.6 Å². The van der Waals surface area contributed by atoms with Crippen LogP contribution in [0.1, 0.15) is 54.6 Å². The number of pyridine rings is 1. The summed E-state index contributed by atoms with van der Waals surface area (Å²) < 4.78 is 28.5. The zero-order valence-corrected chi connectivity index (χ0v) is 22.6. The van der Waals surface area contributed by atoms with E-state index in [1.165, 1.54) is 17.7 Å². The predicted molar refractivity (Wildman–Crippen MR) is 150 cm³/mol. The molecule has 2 saturated heterocycles. The van der Waals surface area contributed by atoms with Crippen LogP contribution in [0.3, 0.4) is 0 Å². The minimum absolute atomic E-state index is 0.00663. The Balaban J connectivity index is 1.24. The van der Waals surface area contributed by atoms with Crippen molar-refractivity contribution in [2.75, 3.05) is 42.9 Å². The molecule has 0 bridgehead atoms. The largest absolute Gasteiger partial charge is 0.359 e. The first-order valence-electron chi connectivity index (χ1n) is 14.0. The summed E-state index contributed by atoms with van der Waals surface area (Å²) in [5, 5.41) is 3.01. The molecule has 3 aliphatic heterocycles. The summed E-state index contributed by atoms with van der Waals surface area (Å²) in [6.07, 6.45) is 6.26. The Hall–Kier alpha value is -3.85. The summed E-state index contributed by atoms with van der Waals surface area (Å²) in [6, 6.07) is 12.1. The van der Waals surface area contributed by atoms with Gasteiger partial charge in [-0.1, -0.05) is 12.1 Å². The van der Waals surface area contributed by atoms with Gasteiger partial charge in [0.15, 0.2) is 5.82 Å². The zero-order chi connectivity index (χ0) is 27.8. The molecule has 6 rings (SSSR count). The Morgan fingerprint density at radius 3 is 2.58 bits per heavy atom. The molecule has 0 saturated carbocycles. The molecule has 40 heavy (non-hydrogen) atoms. The Bertz CT molecular complexity index is 1420. The predicted octanol–water partition coefficient (Wildman–Crippen LogP) is 5.25. The molecule has 3 aliphatic rings. The lowest BCUT2D eigenvalue weighted by Gasteiger charge is -2.34. The van der Waals surface area contributed by atoms with Gasteiger partial charge in [0.05, 0.1) is 18.3 Å². The number of carbonyl (C=O) groups excluding carboxylic acids is 2. The molecule has 1 unspecified atom stereocenters. The summed E-state index contributed by atoms with van der Waals surface area (Å²) >= 11 is 0. The average molecular weight is 546 g/mol. The molecule has 0 spiro atoms. The number of hydrogen-bond donors (Lipinski definition) is 1. The first-order valence-corrected chi connectivity index (χ1v) is 14.0. The Kier molecular flexibility index (Phi) is 7.23. The molecule has 1 N–H and O–H groups in total. The number of fused-ring (bicyclic) bond motifs is 1. The van der Waals surface area contributed by atoms with E-state index in [2.05, 4.69) is 15.2 Å². The number of aromatic nitrogens is 1. The van der Waals surface area contributed by atoms with Crippen molar-refractivity contribution in [2.24, 2.45) is 0 Å². The smallest absolute Gasteiger partial charge is 0.254 e. The fourth-order valence-corrected chi connectivity index (χ4v) is 6.24. The van der Waals surface area contributed by atoms with Crippen molar-refractivity contribution in [3.05, 3.63) is 77.5 Å². The van der Waals surface area contributed by atoms with Gasteiger partial charge in [-0.25, -0.2) is 13.8 Å². The Labute approximate surface area is 232 Å². The van der Waals surface area contributed by atoms with E-state index in [4.69, 9.17) is 0 Å². The van der Waals surface area contributed by atoms with Crippen molar-refractivity contribution in [3.63, 3.8) is 0 Å². The van der Waals surface area contributed by atoms with E-state index in [1.54, 1.807) is 13.1 Å². The molecule has 7 nitrogen and oxygen atoms in total. The van der Waals surface area contributed by atoms with Crippen LogP contribution in [-0.4, -0.2) is 65.4 Å². The van der Waals surface area contributed by atoms with Crippen molar-refractivity contribution in [2.45, 2.75) is 44.7 Å². The van der Waals surface area contributed by atoms with Gasteiger partial charge in [-0.2, -0.15) is 0 Å². The normalized spacial score (nSPS) is 20.0. The highest BCUT2D eigenvalue weighted by atomic mass is 19.1. The number of anilines is 2. The summed E-state index contributed by atoms with van der Waals surface area (Å²) in [6.45, 7) is 5.66. The second-order valence-electron chi connectivity index (χ2n) is 10.9. The number of benzene rings is 2. The maximum atomic E-state index is 14.6. The number of rotatable bonds is 6. The molecule has 3 aromatic rings. The molecule has 0 aliphatic carbocycles. The van der Waals surface area contributed by atoms with Gasteiger partial charge in [0.25, 0.3) is 5.91 Å². The highest BCUT2D eigenvalue weighted by Crippen LogP contribution is 2.38. The number of likely N-dealkylation sites (tertiary alicyclic amines) is 2. The van der Waals surface area contributed by atoms with Gasteiger partial charge in [0.1, 0.15) is 11.6 Å². The molecule has 2 aromatic carbocycles. The molecule has 208 valence electrons. The third kappa shape index (κ3) is 5.06. The molecule has 2 amide bonds. The summed E-state index contributed by atoms with van der Waals surface area (Å²) in [7, 11) is 0. The maximum absolute atomic E-state index is 14.6. The monoisotopic (exact) mass is 545 g/mol. The van der Waals surface area contributed by atoms with Crippen LogP contribution in [0.5, 0.6) is 0 Å². The van der Waals surface area contributed by atoms with Gasteiger partial charge in [0.2, 0.25) is 5.91 Å². The van der Waals surface area contributed by atoms with Crippen LogP contribution in [0.2, 0.25) is 0 Å². The van der Waals surface area contributed by atoms with E-state index in [-0.39, 0.29) is 30.0 Å². The Morgan fingerprint density at radius 1 is 1.02 bits per heavy atom. The Morgan fingerprint density at radius 2 is 1.80 bits per heavy atom. The molecular weight excluding hydrogens is 512 g/mol. The van der Waals surface area contributed by atoms with Crippen molar-refractivity contribution in [3.8, 4) is 11.1 Å². The average Bonchev–Trinajstić information content (AvgIpc) is 3.66. The third-order valence-corrected chi connectivity index (χ3v) is 8.37. The van der Waals surface area contributed by atoms with E-state index in [9.17, 15) is 18.4 Å². The van der Waals surface area contributed by atoms with Gasteiger partial charge in [-0.05, 0) is 87.7 Å². The lowest BCUT2D eigenvalue weighted by molar-refractivity contribution is -0.117. The molecule has 1 aromatic heterocycles. The first-order chi connectivity index (χ1) is 19.4. The molecular formula is C31H33F2N5O2. The van der Waals surface area contributed by atoms with Crippen LogP contribution < -0.4 is 10.2 Å². The lowest BCUT2D eigenvalue weighted by Crippen LogP contribution is -2.42.